The fraction of sp³-hybridized carbons (Fsp3) is 0.400. The molecule has 0 saturated carbocycles. The van der Waals surface area contributed by atoms with Gasteiger partial charge < -0.3 is 15.1 Å². The van der Waals surface area contributed by atoms with Gasteiger partial charge in [-0.2, -0.15) is 5.26 Å². The van der Waals surface area contributed by atoms with Crippen molar-refractivity contribution in [3.05, 3.63) is 41.9 Å². The van der Waals surface area contributed by atoms with Crippen LogP contribution in [0.5, 0.6) is 0 Å². The maximum absolute atomic E-state index is 12.2. The van der Waals surface area contributed by atoms with Gasteiger partial charge in [0.15, 0.2) is 0 Å². The predicted molar refractivity (Wildman–Crippen MR) is 78.8 cm³/mol. The maximum atomic E-state index is 12.2. The van der Waals surface area contributed by atoms with Crippen molar-refractivity contribution in [2.24, 2.45) is 0 Å². The zero-order chi connectivity index (χ0) is 15.1. The van der Waals surface area contributed by atoms with E-state index in [0.29, 0.717) is 19.6 Å². The summed E-state index contributed by atoms with van der Waals surface area (Å²) in [5.74, 6) is -0.204. The number of pyridine rings is 1. The Morgan fingerprint density at radius 2 is 2.24 bits per heavy atom. The second-order valence-corrected chi connectivity index (χ2v) is 5.01. The first-order chi connectivity index (χ1) is 10.2. The molecule has 0 aliphatic carbocycles. The Kier molecular flexibility index (Phi) is 5.29. The molecule has 1 aliphatic rings. The summed E-state index contributed by atoms with van der Waals surface area (Å²) in [5, 5.41) is 12.1. The van der Waals surface area contributed by atoms with Crippen LogP contribution in [0.2, 0.25) is 0 Å². The SMILES string of the molecule is CN1CCN(C(=O)/C(C#N)=C\NCc2cccnc2)CC1. The molecular formula is C15H19N5O. The van der Waals surface area contributed by atoms with Gasteiger partial charge in [-0.3, -0.25) is 9.78 Å². The lowest BCUT2D eigenvalue weighted by Gasteiger charge is -2.32. The van der Waals surface area contributed by atoms with Gasteiger partial charge in [-0.25, -0.2) is 0 Å². The van der Waals surface area contributed by atoms with Crippen LogP contribution in [0.3, 0.4) is 0 Å². The van der Waals surface area contributed by atoms with Gasteiger partial charge in [0, 0.05) is 51.3 Å². The number of hydrogen-bond donors (Lipinski definition) is 1. The largest absolute Gasteiger partial charge is 0.386 e. The lowest BCUT2D eigenvalue weighted by molar-refractivity contribution is -0.128. The summed E-state index contributed by atoms with van der Waals surface area (Å²) in [7, 11) is 2.03. The Morgan fingerprint density at radius 3 is 2.86 bits per heavy atom. The highest BCUT2D eigenvalue weighted by molar-refractivity contribution is 5.97. The van der Waals surface area contributed by atoms with E-state index in [2.05, 4.69) is 15.2 Å². The highest BCUT2D eigenvalue weighted by Gasteiger charge is 2.21. The minimum absolute atomic E-state index is 0.142. The van der Waals surface area contributed by atoms with E-state index in [0.717, 1.165) is 18.7 Å². The molecule has 0 radical (unpaired) electrons. The molecular weight excluding hydrogens is 266 g/mol. The van der Waals surface area contributed by atoms with E-state index in [9.17, 15) is 4.79 Å². The smallest absolute Gasteiger partial charge is 0.266 e. The van der Waals surface area contributed by atoms with Crippen LogP contribution in [0.15, 0.2) is 36.3 Å². The maximum Gasteiger partial charge on any atom is 0.266 e. The van der Waals surface area contributed by atoms with Crippen molar-refractivity contribution < 1.29 is 4.79 Å². The van der Waals surface area contributed by atoms with Crippen molar-refractivity contribution in [1.29, 1.82) is 5.26 Å². The number of nitriles is 1. The molecule has 0 unspecified atom stereocenters. The lowest BCUT2D eigenvalue weighted by Crippen LogP contribution is -2.47. The third kappa shape index (κ3) is 4.29. The van der Waals surface area contributed by atoms with Crippen LogP contribution in [-0.2, 0) is 11.3 Å². The quantitative estimate of drug-likeness (QED) is 0.638. The van der Waals surface area contributed by atoms with Crippen LogP contribution in [0.4, 0.5) is 0 Å². The van der Waals surface area contributed by atoms with Gasteiger partial charge in [0.2, 0.25) is 0 Å². The van der Waals surface area contributed by atoms with E-state index in [1.807, 2.05) is 25.2 Å². The van der Waals surface area contributed by atoms with E-state index in [1.54, 1.807) is 17.3 Å². The van der Waals surface area contributed by atoms with Crippen molar-refractivity contribution in [3.8, 4) is 6.07 Å². The van der Waals surface area contributed by atoms with Gasteiger partial charge in [-0.05, 0) is 18.7 Å². The van der Waals surface area contributed by atoms with Crippen LogP contribution in [-0.4, -0.2) is 53.9 Å². The minimum atomic E-state index is -0.204. The van der Waals surface area contributed by atoms with Crippen LogP contribution in [0.25, 0.3) is 0 Å². The predicted octanol–water partition coefficient (Wildman–Crippen LogP) is 0.353. The number of nitrogens with zero attached hydrogens (tertiary/aromatic N) is 4. The highest BCUT2D eigenvalue weighted by atomic mass is 16.2. The molecule has 0 bridgehead atoms. The Bertz CT molecular complexity index is 541. The van der Waals surface area contributed by atoms with Crippen LogP contribution < -0.4 is 5.32 Å². The van der Waals surface area contributed by atoms with Crippen molar-refractivity contribution in [2.75, 3.05) is 33.2 Å². The monoisotopic (exact) mass is 285 g/mol. The van der Waals surface area contributed by atoms with Crippen molar-refractivity contribution in [1.82, 2.24) is 20.1 Å². The average molecular weight is 285 g/mol. The number of carbonyl (C=O) groups excluding carboxylic acids is 1. The van der Waals surface area contributed by atoms with Crippen molar-refractivity contribution >= 4 is 5.91 Å². The fourth-order valence-corrected chi connectivity index (χ4v) is 2.10. The lowest BCUT2D eigenvalue weighted by atomic mass is 10.2. The van der Waals surface area contributed by atoms with Crippen molar-refractivity contribution in [3.63, 3.8) is 0 Å². The molecule has 1 aliphatic heterocycles. The molecule has 1 aromatic rings. The third-order valence-corrected chi connectivity index (χ3v) is 3.42. The average Bonchev–Trinajstić information content (AvgIpc) is 2.53. The van der Waals surface area contributed by atoms with E-state index in [4.69, 9.17) is 5.26 Å². The standard InChI is InChI=1S/C15H19N5O/c1-19-5-7-20(8-6-19)15(21)14(9-16)12-18-11-13-3-2-4-17-10-13/h2-4,10,12,18H,5-8,11H2,1H3/b14-12-. The molecule has 0 atom stereocenters. The molecule has 1 amide bonds. The van der Waals surface area contributed by atoms with Crippen LogP contribution in [0, 0.1) is 11.3 Å². The number of amides is 1. The Labute approximate surface area is 124 Å². The van der Waals surface area contributed by atoms with Gasteiger partial charge in [0.25, 0.3) is 5.91 Å². The summed E-state index contributed by atoms with van der Waals surface area (Å²) in [4.78, 5) is 20.1. The van der Waals surface area contributed by atoms with Gasteiger partial charge in [0.05, 0.1) is 0 Å². The fourth-order valence-electron chi connectivity index (χ4n) is 2.10. The van der Waals surface area contributed by atoms with Gasteiger partial charge in [-0.15, -0.1) is 0 Å². The Morgan fingerprint density at radius 1 is 1.48 bits per heavy atom. The number of aromatic nitrogens is 1. The number of piperazine rings is 1. The molecule has 1 aromatic heterocycles. The molecule has 6 nitrogen and oxygen atoms in total. The molecule has 110 valence electrons. The van der Waals surface area contributed by atoms with E-state index < -0.39 is 0 Å². The molecule has 6 heteroatoms. The number of likely N-dealkylation sites (N-methyl/N-ethyl adjacent to an activating group) is 1. The molecule has 2 rings (SSSR count). The summed E-state index contributed by atoms with van der Waals surface area (Å²) in [5.41, 5.74) is 1.14. The number of hydrogen-bond acceptors (Lipinski definition) is 5. The first-order valence-electron chi connectivity index (χ1n) is 6.91. The topological polar surface area (TPSA) is 72.3 Å². The number of rotatable bonds is 4. The molecule has 21 heavy (non-hydrogen) atoms. The molecule has 2 heterocycles. The summed E-state index contributed by atoms with van der Waals surface area (Å²) in [6, 6.07) is 5.76. The Balaban J connectivity index is 1.91. The normalized spacial score (nSPS) is 16.4. The van der Waals surface area contributed by atoms with Gasteiger partial charge in [-0.1, -0.05) is 6.07 Å². The first-order valence-corrected chi connectivity index (χ1v) is 6.91. The van der Waals surface area contributed by atoms with E-state index >= 15 is 0 Å². The first kappa shape index (κ1) is 15.0. The zero-order valence-electron chi connectivity index (χ0n) is 12.1. The number of carbonyl (C=O) groups is 1. The summed E-state index contributed by atoms with van der Waals surface area (Å²) >= 11 is 0. The van der Waals surface area contributed by atoms with Crippen LogP contribution >= 0.6 is 0 Å². The van der Waals surface area contributed by atoms with E-state index in [1.165, 1.54) is 6.20 Å². The molecule has 0 aromatic carbocycles. The minimum Gasteiger partial charge on any atom is -0.386 e. The molecule has 1 fully saturated rings. The van der Waals surface area contributed by atoms with Crippen LogP contribution in [0.1, 0.15) is 5.56 Å². The molecule has 0 spiro atoms. The van der Waals surface area contributed by atoms with Gasteiger partial charge >= 0.3 is 0 Å². The second kappa shape index (κ2) is 7.41. The molecule has 1 saturated heterocycles. The van der Waals surface area contributed by atoms with Gasteiger partial charge in [0.1, 0.15) is 11.6 Å². The molecule has 1 N–H and O–H groups in total. The summed E-state index contributed by atoms with van der Waals surface area (Å²) in [6.45, 7) is 3.55. The third-order valence-electron chi connectivity index (χ3n) is 3.42. The zero-order valence-corrected chi connectivity index (χ0v) is 12.1. The number of nitrogens with one attached hydrogen (secondary N) is 1. The Hall–Kier alpha value is -2.39. The highest BCUT2D eigenvalue weighted by Crippen LogP contribution is 2.05. The summed E-state index contributed by atoms with van der Waals surface area (Å²) in [6.07, 6.45) is 4.94. The van der Waals surface area contributed by atoms with E-state index in [-0.39, 0.29) is 11.5 Å². The second-order valence-electron chi connectivity index (χ2n) is 5.01. The summed E-state index contributed by atoms with van der Waals surface area (Å²) < 4.78 is 0. The van der Waals surface area contributed by atoms with Crippen molar-refractivity contribution in [2.45, 2.75) is 6.54 Å².